The zero-order valence-corrected chi connectivity index (χ0v) is 13.3. The highest BCUT2D eigenvalue weighted by atomic mass is 35.5. The van der Waals surface area contributed by atoms with Gasteiger partial charge in [-0.15, -0.1) is 0 Å². The van der Waals surface area contributed by atoms with Gasteiger partial charge in [0.15, 0.2) is 0 Å². The fourth-order valence-corrected chi connectivity index (χ4v) is 2.17. The van der Waals surface area contributed by atoms with Gasteiger partial charge < -0.3 is 15.8 Å². The first-order valence-electron chi connectivity index (χ1n) is 7.00. The summed E-state index contributed by atoms with van der Waals surface area (Å²) in [6.45, 7) is 2.31. The van der Waals surface area contributed by atoms with Crippen molar-refractivity contribution >= 4 is 34.8 Å². The molecule has 0 saturated heterocycles. The van der Waals surface area contributed by atoms with Crippen molar-refractivity contribution < 1.29 is 13.9 Å². The maximum atomic E-state index is 13.9. The molecule has 7 heteroatoms. The van der Waals surface area contributed by atoms with Crippen LogP contribution in [0.5, 0.6) is 0 Å². The number of amides is 1. The number of hydrogen-bond acceptors (Lipinski definition) is 4. The maximum absolute atomic E-state index is 13.9. The molecular formula is C16H17ClFN3O2. The van der Waals surface area contributed by atoms with Gasteiger partial charge in [-0.3, -0.25) is 5.32 Å². The Bertz CT molecular complexity index is 710. The number of rotatable bonds is 5. The van der Waals surface area contributed by atoms with E-state index in [0.29, 0.717) is 17.3 Å². The molecule has 1 amide bonds. The van der Waals surface area contributed by atoms with Crippen molar-refractivity contribution in [2.75, 3.05) is 23.0 Å². The van der Waals surface area contributed by atoms with Crippen molar-refractivity contribution in [3.63, 3.8) is 0 Å². The molecule has 0 unspecified atom stereocenters. The Labute approximate surface area is 138 Å². The van der Waals surface area contributed by atoms with Crippen LogP contribution in [-0.4, -0.2) is 12.7 Å². The predicted octanol–water partition coefficient (Wildman–Crippen LogP) is 4.24. The number of carbonyl (C=O) groups is 1. The van der Waals surface area contributed by atoms with Crippen LogP contribution >= 0.6 is 11.6 Å². The molecule has 0 fully saturated rings. The SMILES string of the molecule is CCOC(=O)Nc1cc(NCc2cccc(Cl)c2)c(N)cc1F. The van der Waals surface area contributed by atoms with Gasteiger partial charge in [0.1, 0.15) is 5.82 Å². The predicted molar refractivity (Wildman–Crippen MR) is 90.2 cm³/mol. The monoisotopic (exact) mass is 337 g/mol. The molecular weight excluding hydrogens is 321 g/mol. The fourth-order valence-electron chi connectivity index (χ4n) is 1.96. The molecule has 0 aliphatic rings. The van der Waals surface area contributed by atoms with Crippen LogP contribution in [0.3, 0.4) is 0 Å². The molecule has 122 valence electrons. The van der Waals surface area contributed by atoms with E-state index in [4.69, 9.17) is 22.1 Å². The van der Waals surface area contributed by atoms with Gasteiger partial charge >= 0.3 is 6.09 Å². The minimum Gasteiger partial charge on any atom is -0.450 e. The van der Waals surface area contributed by atoms with Crippen LogP contribution in [-0.2, 0) is 11.3 Å². The van der Waals surface area contributed by atoms with E-state index >= 15 is 0 Å². The zero-order chi connectivity index (χ0) is 16.8. The summed E-state index contributed by atoms with van der Waals surface area (Å²) in [6.07, 6.45) is -0.725. The lowest BCUT2D eigenvalue weighted by molar-refractivity contribution is 0.168. The van der Waals surface area contributed by atoms with E-state index < -0.39 is 11.9 Å². The number of nitrogens with one attached hydrogen (secondary N) is 2. The number of halogens is 2. The van der Waals surface area contributed by atoms with E-state index in [9.17, 15) is 9.18 Å². The minimum absolute atomic E-state index is 0.00811. The second-order valence-corrected chi connectivity index (χ2v) is 5.18. The Morgan fingerprint density at radius 2 is 2.09 bits per heavy atom. The highest BCUT2D eigenvalue weighted by Gasteiger charge is 2.11. The standard InChI is InChI=1S/C16H17ClFN3O2/c1-2-23-16(22)21-14-8-15(13(19)7-12(14)18)20-9-10-4-3-5-11(17)6-10/h3-8,20H,2,9,19H2,1H3,(H,21,22). The van der Waals surface area contributed by atoms with E-state index in [1.54, 1.807) is 13.0 Å². The van der Waals surface area contributed by atoms with Gasteiger partial charge in [-0.2, -0.15) is 0 Å². The highest BCUT2D eigenvalue weighted by Crippen LogP contribution is 2.27. The van der Waals surface area contributed by atoms with Gasteiger partial charge in [0, 0.05) is 17.6 Å². The molecule has 0 saturated carbocycles. The van der Waals surface area contributed by atoms with E-state index in [0.717, 1.165) is 11.6 Å². The molecule has 0 spiro atoms. The van der Waals surface area contributed by atoms with E-state index in [-0.39, 0.29) is 18.0 Å². The second-order valence-electron chi connectivity index (χ2n) is 4.75. The summed E-state index contributed by atoms with van der Waals surface area (Å²) in [6, 6.07) is 9.89. The number of nitrogen functional groups attached to an aromatic ring is 1. The number of benzene rings is 2. The third kappa shape index (κ3) is 4.75. The lowest BCUT2D eigenvalue weighted by Crippen LogP contribution is -2.15. The van der Waals surface area contributed by atoms with E-state index in [2.05, 4.69) is 10.6 Å². The second kappa shape index (κ2) is 7.69. The van der Waals surface area contributed by atoms with Crippen molar-refractivity contribution in [3.05, 3.63) is 52.8 Å². The number of anilines is 3. The zero-order valence-electron chi connectivity index (χ0n) is 12.5. The number of ether oxygens (including phenoxy) is 1. The van der Waals surface area contributed by atoms with Crippen LogP contribution in [0, 0.1) is 5.82 Å². The van der Waals surface area contributed by atoms with Crippen molar-refractivity contribution in [2.45, 2.75) is 13.5 Å². The Morgan fingerprint density at radius 1 is 1.30 bits per heavy atom. The summed E-state index contributed by atoms with van der Waals surface area (Å²) >= 11 is 5.93. The van der Waals surface area contributed by atoms with Gasteiger partial charge in [0.25, 0.3) is 0 Å². The van der Waals surface area contributed by atoms with Crippen LogP contribution in [0.2, 0.25) is 5.02 Å². The first-order valence-corrected chi connectivity index (χ1v) is 7.38. The van der Waals surface area contributed by atoms with Gasteiger partial charge in [0.05, 0.1) is 23.7 Å². The van der Waals surface area contributed by atoms with Gasteiger partial charge in [0.2, 0.25) is 0 Å². The van der Waals surface area contributed by atoms with Crippen molar-refractivity contribution in [1.82, 2.24) is 0 Å². The third-order valence-electron chi connectivity index (χ3n) is 3.02. The minimum atomic E-state index is -0.725. The largest absolute Gasteiger partial charge is 0.450 e. The van der Waals surface area contributed by atoms with Gasteiger partial charge in [-0.25, -0.2) is 9.18 Å². The van der Waals surface area contributed by atoms with Gasteiger partial charge in [-0.05, 0) is 30.7 Å². The molecule has 0 bridgehead atoms. The molecule has 2 rings (SSSR count). The highest BCUT2D eigenvalue weighted by molar-refractivity contribution is 6.30. The molecule has 0 aliphatic heterocycles. The van der Waals surface area contributed by atoms with Crippen LogP contribution in [0.15, 0.2) is 36.4 Å². The number of hydrogen-bond donors (Lipinski definition) is 3. The lowest BCUT2D eigenvalue weighted by Gasteiger charge is -2.13. The van der Waals surface area contributed by atoms with Gasteiger partial charge in [-0.1, -0.05) is 23.7 Å². The van der Waals surface area contributed by atoms with Crippen LogP contribution in [0.1, 0.15) is 12.5 Å². The summed E-state index contributed by atoms with van der Waals surface area (Å²) < 4.78 is 18.6. The van der Waals surface area contributed by atoms with Crippen molar-refractivity contribution in [1.29, 1.82) is 0 Å². The molecule has 0 atom stereocenters. The lowest BCUT2D eigenvalue weighted by atomic mass is 10.2. The first-order chi connectivity index (χ1) is 11.0. The topological polar surface area (TPSA) is 76.4 Å². The Morgan fingerprint density at radius 3 is 2.78 bits per heavy atom. The third-order valence-corrected chi connectivity index (χ3v) is 3.26. The normalized spacial score (nSPS) is 10.2. The Kier molecular flexibility index (Phi) is 5.65. The summed E-state index contributed by atoms with van der Waals surface area (Å²) in [5.74, 6) is -0.635. The van der Waals surface area contributed by atoms with Crippen molar-refractivity contribution in [2.24, 2.45) is 0 Å². The number of nitrogens with two attached hydrogens (primary N) is 1. The molecule has 23 heavy (non-hydrogen) atoms. The van der Waals surface area contributed by atoms with Crippen LogP contribution < -0.4 is 16.4 Å². The number of carbonyl (C=O) groups excluding carboxylic acids is 1. The Balaban J connectivity index is 2.13. The fraction of sp³-hybridized carbons (Fsp3) is 0.188. The summed E-state index contributed by atoms with van der Waals surface area (Å²) in [5, 5.41) is 6.05. The molecule has 0 radical (unpaired) electrons. The quantitative estimate of drug-likeness (QED) is 0.713. The maximum Gasteiger partial charge on any atom is 0.411 e. The Hall–Kier alpha value is -2.47. The smallest absolute Gasteiger partial charge is 0.411 e. The molecule has 0 aliphatic carbocycles. The molecule has 0 aromatic heterocycles. The summed E-state index contributed by atoms with van der Waals surface area (Å²) in [5.41, 5.74) is 7.47. The average molecular weight is 338 g/mol. The summed E-state index contributed by atoms with van der Waals surface area (Å²) in [4.78, 5) is 11.4. The molecule has 5 nitrogen and oxygen atoms in total. The average Bonchev–Trinajstić information content (AvgIpc) is 2.49. The van der Waals surface area contributed by atoms with E-state index in [1.807, 2.05) is 18.2 Å². The molecule has 2 aromatic rings. The van der Waals surface area contributed by atoms with E-state index in [1.165, 1.54) is 6.07 Å². The van der Waals surface area contributed by atoms with Crippen LogP contribution in [0.4, 0.5) is 26.2 Å². The molecule has 4 N–H and O–H groups in total. The first kappa shape index (κ1) is 16.9. The molecule has 0 heterocycles. The summed E-state index contributed by atoms with van der Waals surface area (Å²) in [7, 11) is 0. The van der Waals surface area contributed by atoms with Crippen molar-refractivity contribution in [3.8, 4) is 0 Å². The molecule has 2 aromatic carbocycles. The van der Waals surface area contributed by atoms with Crippen LogP contribution in [0.25, 0.3) is 0 Å².